The quantitative estimate of drug-likeness (QED) is 0.424. The molecule has 0 atom stereocenters. The van der Waals surface area contributed by atoms with Crippen molar-refractivity contribution in [2.24, 2.45) is 0 Å². The lowest BCUT2D eigenvalue weighted by Gasteiger charge is -2.34. The molecule has 0 radical (unpaired) electrons. The molecule has 0 bridgehead atoms. The van der Waals surface area contributed by atoms with Crippen molar-refractivity contribution >= 4 is 34.7 Å². The highest BCUT2D eigenvalue weighted by atomic mass is 32.2. The van der Waals surface area contributed by atoms with Crippen molar-refractivity contribution in [3.63, 3.8) is 0 Å². The number of hydrogen-bond donors (Lipinski definition) is 0. The zero-order chi connectivity index (χ0) is 23.4. The number of ether oxygens (including phenoxy) is 1. The lowest BCUT2D eigenvalue weighted by Crippen LogP contribution is -2.51. The van der Waals surface area contributed by atoms with E-state index in [0.717, 1.165) is 11.3 Å². The monoisotopic (exact) mass is 466 g/mol. The van der Waals surface area contributed by atoms with Gasteiger partial charge >= 0.3 is 6.09 Å². The van der Waals surface area contributed by atoms with Crippen molar-refractivity contribution in [3.8, 4) is 5.69 Å². The Hall–Kier alpha value is -3.33. The summed E-state index contributed by atoms with van der Waals surface area (Å²) in [5.41, 5.74) is 2.14. The highest BCUT2D eigenvalue weighted by Crippen LogP contribution is 2.23. The molecule has 8 nitrogen and oxygen atoms in total. The molecule has 0 spiro atoms. The summed E-state index contributed by atoms with van der Waals surface area (Å²) in [4.78, 5) is 46.2. The van der Waals surface area contributed by atoms with Gasteiger partial charge in [0.2, 0.25) is 5.91 Å². The molecule has 2 aromatic carbocycles. The number of thioether (sulfide) groups is 1. The fourth-order valence-electron chi connectivity index (χ4n) is 3.81. The van der Waals surface area contributed by atoms with E-state index in [2.05, 4.69) is 0 Å². The van der Waals surface area contributed by atoms with Gasteiger partial charge in [0.1, 0.15) is 0 Å². The van der Waals surface area contributed by atoms with E-state index in [1.54, 1.807) is 33.4 Å². The predicted octanol–water partition coefficient (Wildman–Crippen LogP) is 3.09. The molecule has 1 saturated heterocycles. The van der Waals surface area contributed by atoms with E-state index in [4.69, 9.17) is 9.72 Å². The Kier molecular flexibility index (Phi) is 6.98. The van der Waals surface area contributed by atoms with Crippen LogP contribution in [0.2, 0.25) is 0 Å². The van der Waals surface area contributed by atoms with Gasteiger partial charge in [0.05, 0.1) is 29.0 Å². The van der Waals surface area contributed by atoms with Gasteiger partial charge in [-0.05, 0) is 37.6 Å². The van der Waals surface area contributed by atoms with Crippen LogP contribution in [0.5, 0.6) is 0 Å². The number of aryl methyl sites for hydroxylation is 1. The van der Waals surface area contributed by atoms with Crippen molar-refractivity contribution < 1.29 is 14.3 Å². The van der Waals surface area contributed by atoms with Gasteiger partial charge in [0.15, 0.2) is 5.16 Å². The summed E-state index contributed by atoms with van der Waals surface area (Å²) < 4.78 is 6.62. The van der Waals surface area contributed by atoms with Gasteiger partial charge in [-0.2, -0.15) is 0 Å². The van der Waals surface area contributed by atoms with Crippen molar-refractivity contribution in [2.45, 2.75) is 19.0 Å². The number of carbonyl (C=O) groups is 2. The van der Waals surface area contributed by atoms with Crippen LogP contribution in [0, 0.1) is 6.92 Å². The Labute approximate surface area is 196 Å². The Morgan fingerprint density at radius 1 is 1.00 bits per heavy atom. The maximum atomic E-state index is 13.4. The first-order valence-corrected chi connectivity index (χ1v) is 11.9. The number of benzene rings is 2. The average Bonchev–Trinajstić information content (AvgIpc) is 2.83. The van der Waals surface area contributed by atoms with E-state index < -0.39 is 0 Å². The van der Waals surface area contributed by atoms with Crippen molar-refractivity contribution in [1.82, 2.24) is 19.4 Å². The van der Waals surface area contributed by atoms with E-state index in [-0.39, 0.29) is 23.3 Å². The van der Waals surface area contributed by atoms with Crippen LogP contribution in [0.1, 0.15) is 12.5 Å². The summed E-state index contributed by atoms with van der Waals surface area (Å²) >= 11 is 1.25. The molecule has 3 aromatic rings. The molecule has 33 heavy (non-hydrogen) atoms. The van der Waals surface area contributed by atoms with Crippen LogP contribution in [0.15, 0.2) is 58.5 Å². The third-order valence-electron chi connectivity index (χ3n) is 5.58. The molecule has 9 heteroatoms. The molecule has 4 rings (SSSR count). The predicted molar refractivity (Wildman–Crippen MR) is 128 cm³/mol. The number of rotatable bonds is 5. The topological polar surface area (TPSA) is 84.7 Å². The molecule has 0 aliphatic carbocycles. The first-order chi connectivity index (χ1) is 16.0. The van der Waals surface area contributed by atoms with Crippen LogP contribution in [0.4, 0.5) is 4.79 Å². The van der Waals surface area contributed by atoms with Gasteiger partial charge < -0.3 is 14.5 Å². The molecular weight excluding hydrogens is 440 g/mol. The second kappa shape index (κ2) is 10.1. The molecule has 0 unspecified atom stereocenters. The van der Waals surface area contributed by atoms with E-state index in [9.17, 15) is 14.4 Å². The summed E-state index contributed by atoms with van der Waals surface area (Å²) in [6, 6.07) is 14.9. The first kappa shape index (κ1) is 22.8. The Balaban J connectivity index is 1.55. The molecule has 172 valence electrons. The zero-order valence-electron chi connectivity index (χ0n) is 18.7. The van der Waals surface area contributed by atoms with Crippen LogP contribution < -0.4 is 5.56 Å². The van der Waals surface area contributed by atoms with Gasteiger partial charge in [-0.15, -0.1) is 0 Å². The van der Waals surface area contributed by atoms with Gasteiger partial charge in [0, 0.05) is 26.2 Å². The van der Waals surface area contributed by atoms with Crippen LogP contribution in [0.25, 0.3) is 16.6 Å². The highest BCUT2D eigenvalue weighted by Gasteiger charge is 2.25. The summed E-state index contributed by atoms with van der Waals surface area (Å²) in [5, 5.41) is 1.01. The summed E-state index contributed by atoms with van der Waals surface area (Å²) in [5.74, 6) is 0.0954. The Morgan fingerprint density at radius 3 is 2.39 bits per heavy atom. The van der Waals surface area contributed by atoms with Crippen molar-refractivity contribution in [2.75, 3.05) is 38.5 Å². The van der Waals surface area contributed by atoms with Crippen LogP contribution in [-0.4, -0.2) is 69.9 Å². The number of hydrogen-bond acceptors (Lipinski definition) is 6. The highest BCUT2D eigenvalue weighted by molar-refractivity contribution is 7.99. The van der Waals surface area contributed by atoms with Gasteiger partial charge in [-0.3, -0.25) is 14.2 Å². The number of piperazine rings is 1. The van der Waals surface area contributed by atoms with Crippen LogP contribution in [-0.2, 0) is 9.53 Å². The normalized spacial score (nSPS) is 13.9. The molecule has 1 aliphatic heterocycles. The summed E-state index contributed by atoms with van der Waals surface area (Å²) in [6.45, 7) is 5.83. The molecule has 0 N–H and O–H groups in total. The standard InChI is InChI=1S/C24H26N4O4S/c1-3-32-24(31)27-14-12-26(13-15-27)21(29)16-33-23-25-19-10-6-5-9-18(19)22(30)28(23)20-11-7-4-8-17(20)2/h4-11H,3,12-16H2,1-2H3. The minimum atomic E-state index is -0.346. The van der Waals surface area contributed by atoms with E-state index in [1.807, 2.05) is 43.3 Å². The van der Waals surface area contributed by atoms with E-state index in [0.29, 0.717) is 48.8 Å². The molecule has 1 aliphatic rings. The third-order valence-corrected chi connectivity index (χ3v) is 6.51. The minimum absolute atomic E-state index is 0.0535. The molecule has 2 amide bonds. The number of nitrogens with zero attached hydrogens (tertiary/aromatic N) is 4. The van der Waals surface area contributed by atoms with E-state index >= 15 is 0 Å². The number of fused-ring (bicyclic) bond motifs is 1. The summed E-state index contributed by atoms with van der Waals surface area (Å²) in [7, 11) is 0. The maximum Gasteiger partial charge on any atom is 0.409 e. The third kappa shape index (κ3) is 4.88. The van der Waals surface area contributed by atoms with Gasteiger partial charge in [0.25, 0.3) is 5.56 Å². The number of amides is 2. The average molecular weight is 467 g/mol. The molecule has 2 heterocycles. The van der Waals surface area contributed by atoms with E-state index in [1.165, 1.54) is 11.8 Å². The number of para-hydroxylation sites is 2. The zero-order valence-corrected chi connectivity index (χ0v) is 19.5. The first-order valence-electron chi connectivity index (χ1n) is 10.9. The fourth-order valence-corrected chi connectivity index (χ4v) is 4.72. The van der Waals surface area contributed by atoms with Crippen LogP contribution in [0.3, 0.4) is 0 Å². The molecule has 1 fully saturated rings. The lowest BCUT2D eigenvalue weighted by molar-refractivity contribution is -0.129. The maximum absolute atomic E-state index is 13.4. The smallest absolute Gasteiger partial charge is 0.409 e. The summed E-state index contributed by atoms with van der Waals surface area (Å²) in [6.07, 6.45) is -0.346. The SMILES string of the molecule is CCOC(=O)N1CCN(C(=O)CSc2nc3ccccc3c(=O)n2-c2ccccc2C)CC1. The van der Waals surface area contributed by atoms with Gasteiger partial charge in [-0.1, -0.05) is 42.1 Å². The molecule has 1 aromatic heterocycles. The Morgan fingerprint density at radius 2 is 1.67 bits per heavy atom. The minimum Gasteiger partial charge on any atom is -0.450 e. The van der Waals surface area contributed by atoms with Crippen LogP contribution >= 0.6 is 11.8 Å². The second-order valence-corrected chi connectivity index (χ2v) is 8.64. The van der Waals surface area contributed by atoms with Crippen molar-refractivity contribution in [1.29, 1.82) is 0 Å². The Bertz CT molecular complexity index is 1230. The largest absolute Gasteiger partial charge is 0.450 e. The number of carbonyl (C=O) groups excluding carboxylic acids is 2. The lowest BCUT2D eigenvalue weighted by atomic mass is 10.2. The fraction of sp³-hybridized carbons (Fsp3) is 0.333. The molecule has 0 saturated carbocycles. The second-order valence-electron chi connectivity index (χ2n) is 7.69. The molecular formula is C24H26N4O4S. The van der Waals surface area contributed by atoms with Crippen molar-refractivity contribution in [3.05, 3.63) is 64.4 Å². The number of aromatic nitrogens is 2. The van der Waals surface area contributed by atoms with Gasteiger partial charge in [-0.25, -0.2) is 9.78 Å².